The summed E-state index contributed by atoms with van der Waals surface area (Å²) in [4.78, 5) is 10.4. The standard InChI is InChI=1S/C10H6BrNO2/c11-9-4-2-1-3-8(9)10-5-7(6-13)12-14-10/h1-6H. The number of aldehydes is 1. The number of halogens is 1. The van der Waals surface area contributed by atoms with Crippen molar-refractivity contribution in [3.63, 3.8) is 0 Å². The molecule has 0 N–H and O–H groups in total. The molecule has 1 aromatic carbocycles. The van der Waals surface area contributed by atoms with Crippen LogP contribution in [0.3, 0.4) is 0 Å². The number of benzene rings is 1. The van der Waals surface area contributed by atoms with Crippen LogP contribution in [-0.4, -0.2) is 11.4 Å². The summed E-state index contributed by atoms with van der Waals surface area (Å²) in [5.41, 5.74) is 1.18. The van der Waals surface area contributed by atoms with Gasteiger partial charge in [-0.3, -0.25) is 4.79 Å². The highest BCUT2D eigenvalue weighted by molar-refractivity contribution is 9.10. The second-order valence-electron chi connectivity index (χ2n) is 2.71. The molecule has 0 spiro atoms. The Hall–Kier alpha value is -1.42. The number of hydrogen-bond donors (Lipinski definition) is 0. The molecule has 1 heterocycles. The maximum Gasteiger partial charge on any atom is 0.171 e. The Labute approximate surface area is 88.8 Å². The largest absolute Gasteiger partial charge is 0.356 e. The minimum Gasteiger partial charge on any atom is -0.356 e. The molecule has 0 bridgehead atoms. The lowest BCUT2D eigenvalue weighted by atomic mass is 10.2. The van der Waals surface area contributed by atoms with Crippen LogP contribution < -0.4 is 0 Å². The van der Waals surface area contributed by atoms with E-state index in [2.05, 4.69) is 21.1 Å². The van der Waals surface area contributed by atoms with Crippen LogP contribution >= 0.6 is 15.9 Å². The number of carbonyl (C=O) groups excluding carboxylic acids is 1. The van der Waals surface area contributed by atoms with Crippen LogP contribution in [0.4, 0.5) is 0 Å². The van der Waals surface area contributed by atoms with Crippen molar-refractivity contribution in [2.24, 2.45) is 0 Å². The molecule has 70 valence electrons. The molecule has 2 aromatic rings. The molecule has 14 heavy (non-hydrogen) atoms. The highest BCUT2D eigenvalue weighted by Gasteiger charge is 2.08. The van der Waals surface area contributed by atoms with Crippen molar-refractivity contribution in [3.05, 3.63) is 40.5 Å². The third-order valence-corrected chi connectivity index (χ3v) is 2.48. The average molecular weight is 252 g/mol. The molecule has 0 saturated carbocycles. The van der Waals surface area contributed by atoms with Gasteiger partial charge in [-0.2, -0.15) is 0 Å². The summed E-state index contributed by atoms with van der Waals surface area (Å²) in [6, 6.07) is 9.19. The fraction of sp³-hybridized carbons (Fsp3) is 0. The summed E-state index contributed by atoms with van der Waals surface area (Å²) in [6.07, 6.45) is 0.657. The fourth-order valence-electron chi connectivity index (χ4n) is 1.13. The van der Waals surface area contributed by atoms with Crippen LogP contribution in [-0.2, 0) is 0 Å². The fourth-order valence-corrected chi connectivity index (χ4v) is 1.61. The summed E-state index contributed by atoms with van der Waals surface area (Å²) in [5.74, 6) is 0.583. The van der Waals surface area contributed by atoms with E-state index in [0.29, 0.717) is 17.7 Å². The van der Waals surface area contributed by atoms with E-state index in [4.69, 9.17) is 4.52 Å². The molecule has 0 aliphatic rings. The van der Waals surface area contributed by atoms with Gasteiger partial charge in [0.1, 0.15) is 5.69 Å². The first-order valence-electron chi connectivity index (χ1n) is 3.98. The maximum atomic E-state index is 10.4. The van der Waals surface area contributed by atoms with Gasteiger partial charge in [0, 0.05) is 16.1 Å². The van der Waals surface area contributed by atoms with E-state index in [-0.39, 0.29) is 0 Å². The van der Waals surface area contributed by atoms with E-state index in [0.717, 1.165) is 10.0 Å². The molecule has 0 fully saturated rings. The van der Waals surface area contributed by atoms with Gasteiger partial charge >= 0.3 is 0 Å². The molecule has 0 radical (unpaired) electrons. The van der Waals surface area contributed by atoms with E-state index >= 15 is 0 Å². The van der Waals surface area contributed by atoms with Gasteiger partial charge in [0.25, 0.3) is 0 Å². The van der Waals surface area contributed by atoms with Gasteiger partial charge in [-0.25, -0.2) is 0 Å². The third kappa shape index (κ3) is 1.61. The smallest absolute Gasteiger partial charge is 0.171 e. The van der Waals surface area contributed by atoms with E-state index in [9.17, 15) is 4.79 Å². The van der Waals surface area contributed by atoms with Gasteiger partial charge in [0.2, 0.25) is 0 Å². The van der Waals surface area contributed by atoms with Crippen molar-refractivity contribution in [2.75, 3.05) is 0 Å². The Morgan fingerprint density at radius 1 is 1.36 bits per heavy atom. The Bertz CT molecular complexity index is 465. The van der Waals surface area contributed by atoms with Crippen LogP contribution in [0.2, 0.25) is 0 Å². The predicted octanol–water partition coefficient (Wildman–Crippen LogP) is 2.92. The van der Waals surface area contributed by atoms with Crippen LogP contribution in [0.1, 0.15) is 10.5 Å². The summed E-state index contributed by atoms with van der Waals surface area (Å²) >= 11 is 3.39. The molecule has 1 aromatic heterocycles. The normalized spacial score (nSPS) is 10.1. The zero-order chi connectivity index (χ0) is 9.97. The minimum atomic E-state index is 0.302. The minimum absolute atomic E-state index is 0.302. The molecule has 0 saturated heterocycles. The second-order valence-corrected chi connectivity index (χ2v) is 3.57. The Morgan fingerprint density at radius 3 is 2.79 bits per heavy atom. The van der Waals surface area contributed by atoms with Crippen molar-refractivity contribution < 1.29 is 9.32 Å². The molecule has 2 rings (SSSR count). The topological polar surface area (TPSA) is 43.1 Å². The van der Waals surface area contributed by atoms with Gasteiger partial charge in [-0.05, 0) is 12.1 Å². The van der Waals surface area contributed by atoms with Crippen LogP contribution in [0.5, 0.6) is 0 Å². The van der Waals surface area contributed by atoms with Crippen LogP contribution in [0, 0.1) is 0 Å². The predicted molar refractivity (Wildman–Crippen MR) is 55.0 cm³/mol. The molecule has 0 unspecified atom stereocenters. The van der Waals surface area contributed by atoms with E-state index < -0.39 is 0 Å². The van der Waals surface area contributed by atoms with E-state index in [1.807, 2.05) is 24.3 Å². The van der Waals surface area contributed by atoms with Gasteiger partial charge in [-0.15, -0.1) is 0 Å². The monoisotopic (exact) mass is 251 g/mol. The SMILES string of the molecule is O=Cc1cc(-c2ccccc2Br)on1. The van der Waals surface area contributed by atoms with Gasteiger partial charge in [0.05, 0.1) is 0 Å². The van der Waals surface area contributed by atoms with Crippen molar-refractivity contribution in [3.8, 4) is 11.3 Å². The summed E-state index contributed by atoms with van der Waals surface area (Å²) < 4.78 is 5.92. The number of hydrogen-bond acceptors (Lipinski definition) is 3. The first kappa shape index (κ1) is 9.15. The molecule has 3 nitrogen and oxygen atoms in total. The number of aromatic nitrogens is 1. The molecule has 0 aliphatic carbocycles. The van der Waals surface area contributed by atoms with E-state index in [1.165, 1.54) is 0 Å². The zero-order valence-corrected chi connectivity index (χ0v) is 8.69. The van der Waals surface area contributed by atoms with Crippen LogP contribution in [0.25, 0.3) is 11.3 Å². The quantitative estimate of drug-likeness (QED) is 0.771. The number of rotatable bonds is 2. The van der Waals surface area contributed by atoms with Gasteiger partial charge < -0.3 is 4.52 Å². The summed E-state index contributed by atoms with van der Waals surface area (Å²) in [7, 11) is 0. The lowest BCUT2D eigenvalue weighted by Crippen LogP contribution is -1.75. The molecular formula is C10H6BrNO2. The number of nitrogens with zero attached hydrogens (tertiary/aromatic N) is 1. The molecule has 0 atom stereocenters. The molecule has 0 amide bonds. The molecule has 0 aliphatic heterocycles. The maximum absolute atomic E-state index is 10.4. The van der Waals surface area contributed by atoms with Gasteiger partial charge in [0.15, 0.2) is 12.0 Å². The van der Waals surface area contributed by atoms with Crippen molar-refractivity contribution in [1.29, 1.82) is 0 Å². The third-order valence-electron chi connectivity index (χ3n) is 1.79. The number of carbonyl (C=O) groups is 1. The highest BCUT2D eigenvalue weighted by Crippen LogP contribution is 2.27. The summed E-state index contributed by atoms with van der Waals surface area (Å²) in [5, 5.41) is 3.59. The lowest BCUT2D eigenvalue weighted by molar-refractivity contribution is 0.111. The Morgan fingerprint density at radius 2 is 2.14 bits per heavy atom. The van der Waals surface area contributed by atoms with E-state index in [1.54, 1.807) is 6.07 Å². The highest BCUT2D eigenvalue weighted by atomic mass is 79.9. The molecular weight excluding hydrogens is 246 g/mol. The van der Waals surface area contributed by atoms with Crippen LogP contribution in [0.15, 0.2) is 39.3 Å². The molecule has 4 heteroatoms. The second kappa shape index (κ2) is 3.75. The van der Waals surface area contributed by atoms with Crippen molar-refractivity contribution >= 4 is 22.2 Å². The van der Waals surface area contributed by atoms with Crippen molar-refractivity contribution in [1.82, 2.24) is 5.16 Å². The Kier molecular flexibility index (Phi) is 2.45. The Balaban J connectivity index is 2.49. The summed E-state index contributed by atoms with van der Waals surface area (Å²) in [6.45, 7) is 0. The first-order chi connectivity index (χ1) is 6.81. The van der Waals surface area contributed by atoms with Crippen molar-refractivity contribution in [2.45, 2.75) is 0 Å². The zero-order valence-electron chi connectivity index (χ0n) is 7.11. The lowest BCUT2D eigenvalue weighted by Gasteiger charge is -1.96. The average Bonchev–Trinajstić information content (AvgIpc) is 2.67. The van der Waals surface area contributed by atoms with Gasteiger partial charge in [-0.1, -0.05) is 33.2 Å². The first-order valence-corrected chi connectivity index (χ1v) is 4.77.